The molecule has 4 aromatic rings. The van der Waals surface area contributed by atoms with E-state index in [1.165, 1.54) is 0 Å². The van der Waals surface area contributed by atoms with Gasteiger partial charge in [-0.1, -0.05) is 72.8 Å². The second-order valence-electron chi connectivity index (χ2n) is 6.48. The van der Waals surface area contributed by atoms with Crippen molar-refractivity contribution in [3.8, 4) is 27.6 Å². The molecular formula is C24H20N2O2S. The molecule has 0 fully saturated rings. The van der Waals surface area contributed by atoms with Crippen LogP contribution >= 0.6 is 11.3 Å². The van der Waals surface area contributed by atoms with Crippen LogP contribution in [0.2, 0.25) is 0 Å². The second-order valence-corrected chi connectivity index (χ2v) is 7.34. The lowest BCUT2D eigenvalue weighted by atomic mass is 10.1. The number of para-hydroxylation sites is 1. The maximum Gasteiger partial charge on any atom is 0.258 e. The number of aromatic nitrogens is 1. The Kier molecular flexibility index (Phi) is 5.98. The van der Waals surface area contributed by atoms with Crippen molar-refractivity contribution in [3.05, 3.63) is 95.9 Å². The van der Waals surface area contributed by atoms with Crippen LogP contribution in [0.4, 0.5) is 0 Å². The zero-order chi connectivity index (χ0) is 19.9. The molecule has 3 aromatic carbocycles. The number of carbonyl (C=O) groups is 1. The van der Waals surface area contributed by atoms with Gasteiger partial charge in [0, 0.05) is 23.1 Å². The molecule has 1 N–H and O–H groups in total. The summed E-state index contributed by atoms with van der Waals surface area (Å²) in [6, 6.07) is 27.6. The molecule has 0 unspecified atom stereocenters. The molecule has 0 spiro atoms. The highest BCUT2D eigenvalue weighted by atomic mass is 32.1. The molecule has 144 valence electrons. The summed E-state index contributed by atoms with van der Waals surface area (Å²) in [6.45, 7) is 0.466. The van der Waals surface area contributed by atoms with Crippen molar-refractivity contribution in [2.45, 2.75) is 6.54 Å². The van der Waals surface area contributed by atoms with E-state index in [0.717, 1.165) is 27.4 Å². The molecule has 0 aliphatic carbocycles. The zero-order valence-electron chi connectivity index (χ0n) is 15.7. The van der Waals surface area contributed by atoms with Crippen LogP contribution in [0.25, 0.3) is 21.8 Å². The molecule has 0 saturated heterocycles. The van der Waals surface area contributed by atoms with Gasteiger partial charge in [-0.05, 0) is 17.7 Å². The average Bonchev–Trinajstić information content (AvgIpc) is 3.28. The second kappa shape index (κ2) is 9.17. The van der Waals surface area contributed by atoms with Crippen molar-refractivity contribution in [3.63, 3.8) is 0 Å². The van der Waals surface area contributed by atoms with Crippen molar-refractivity contribution in [2.75, 3.05) is 6.61 Å². The maximum atomic E-state index is 12.0. The number of ether oxygens (including phenoxy) is 1. The van der Waals surface area contributed by atoms with E-state index in [9.17, 15) is 4.79 Å². The van der Waals surface area contributed by atoms with Gasteiger partial charge < -0.3 is 10.1 Å². The Bertz CT molecular complexity index is 1060. The van der Waals surface area contributed by atoms with Gasteiger partial charge in [0.2, 0.25) is 0 Å². The fourth-order valence-corrected chi connectivity index (χ4v) is 3.67. The van der Waals surface area contributed by atoms with Crippen molar-refractivity contribution in [1.82, 2.24) is 10.3 Å². The Morgan fingerprint density at radius 1 is 0.862 bits per heavy atom. The molecule has 1 amide bonds. The molecule has 0 aliphatic heterocycles. The predicted octanol–water partition coefficient (Wildman–Crippen LogP) is 5.17. The summed E-state index contributed by atoms with van der Waals surface area (Å²) in [5.74, 6) is 0.538. The van der Waals surface area contributed by atoms with Gasteiger partial charge in [-0.25, -0.2) is 4.98 Å². The van der Waals surface area contributed by atoms with E-state index < -0.39 is 0 Å². The summed E-state index contributed by atoms with van der Waals surface area (Å²) in [6.07, 6.45) is 0. The third kappa shape index (κ3) is 5.09. The first-order valence-electron chi connectivity index (χ1n) is 9.33. The molecule has 29 heavy (non-hydrogen) atoms. The molecule has 0 radical (unpaired) electrons. The van der Waals surface area contributed by atoms with E-state index in [-0.39, 0.29) is 12.5 Å². The minimum atomic E-state index is -0.148. The van der Waals surface area contributed by atoms with Crippen molar-refractivity contribution >= 4 is 17.2 Å². The van der Waals surface area contributed by atoms with E-state index >= 15 is 0 Å². The van der Waals surface area contributed by atoms with Crippen LogP contribution < -0.4 is 10.1 Å². The number of hydrogen-bond acceptors (Lipinski definition) is 4. The normalized spacial score (nSPS) is 10.5. The highest BCUT2D eigenvalue weighted by Gasteiger charge is 2.07. The van der Waals surface area contributed by atoms with Gasteiger partial charge in [0.1, 0.15) is 10.8 Å². The third-order valence-corrected chi connectivity index (χ3v) is 5.27. The van der Waals surface area contributed by atoms with Crippen LogP contribution in [-0.2, 0) is 11.3 Å². The molecule has 0 saturated carbocycles. The molecule has 5 heteroatoms. The van der Waals surface area contributed by atoms with E-state index in [1.54, 1.807) is 11.3 Å². The number of nitrogens with one attached hydrogen (secondary N) is 1. The van der Waals surface area contributed by atoms with E-state index in [4.69, 9.17) is 9.72 Å². The minimum Gasteiger partial charge on any atom is -0.484 e. The average molecular weight is 401 g/mol. The van der Waals surface area contributed by atoms with Crippen LogP contribution in [0, 0.1) is 0 Å². The standard InChI is InChI=1S/C24H20N2O2S/c27-23(16-28-21-9-5-2-6-10-21)25-15-18-11-13-20(14-12-18)24-26-22(17-29-24)19-7-3-1-4-8-19/h1-14,17H,15-16H2,(H,25,27). The van der Waals surface area contributed by atoms with Crippen LogP contribution in [-0.4, -0.2) is 17.5 Å². The number of hydrogen-bond donors (Lipinski definition) is 1. The fraction of sp³-hybridized carbons (Fsp3) is 0.0833. The highest BCUT2D eigenvalue weighted by Crippen LogP contribution is 2.28. The molecule has 1 aromatic heterocycles. The van der Waals surface area contributed by atoms with Crippen molar-refractivity contribution < 1.29 is 9.53 Å². The molecule has 4 nitrogen and oxygen atoms in total. The first kappa shape index (κ1) is 18.9. The van der Waals surface area contributed by atoms with Gasteiger partial charge in [0.25, 0.3) is 5.91 Å². The largest absolute Gasteiger partial charge is 0.484 e. The number of nitrogens with zero attached hydrogens (tertiary/aromatic N) is 1. The monoisotopic (exact) mass is 400 g/mol. The van der Waals surface area contributed by atoms with Crippen molar-refractivity contribution in [1.29, 1.82) is 0 Å². The van der Waals surface area contributed by atoms with E-state index in [0.29, 0.717) is 12.3 Å². The van der Waals surface area contributed by atoms with Gasteiger partial charge in [-0.2, -0.15) is 0 Å². The van der Waals surface area contributed by atoms with E-state index in [1.807, 2.05) is 72.8 Å². The number of thiazole rings is 1. The number of amides is 1. The Morgan fingerprint density at radius 3 is 2.28 bits per heavy atom. The summed E-state index contributed by atoms with van der Waals surface area (Å²) in [5, 5.41) is 5.93. The smallest absolute Gasteiger partial charge is 0.258 e. The Hall–Kier alpha value is -3.44. The minimum absolute atomic E-state index is 0.00345. The molecule has 4 rings (SSSR count). The fourth-order valence-electron chi connectivity index (χ4n) is 2.83. The van der Waals surface area contributed by atoms with Gasteiger partial charge in [-0.15, -0.1) is 11.3 Å². The molecule has 1 heterocycles. The topological polar surface area (TPSA) is 51.2 Å². The summed E-state index contributed by atoms with van der Waals surface area (Å²) < 4.78 is 5.45. The van der Waals surface area contributed by atoms with Crippen LogP contribution in [0.3, 0.4) is 0 Å². The Labute approximate surface area is 173 Å². The summed E-state index contributed by atoms with van der Waals surface area (Å²) >= 11 is 1.63. The quantitative estimate of drug-likeness (QED) is 0.465. The Morgan fingerprint density at radius 2 is 1.55 bits per heavy atom. The SMILES string of the molecule is O=C(COc1ccccc1)NCc1ccc(-c2nc(-c3ccccc3)cs2)cc1. The Balaban J connectivity index is 1.31. The maximum absolute atomic E-state index is 12.0. The highest BCUT2D eigenvalue weighted by molar-refractivity contribution is 7.13. The first-order chi connectivity index (χ1) is 14.3. The van der Waals surface area contributed by atoms with Crippen LogP contribution in [0.1, 0.15) is 5.56 Å². The zero-order valence-corrected chi connectivity index (χ0v) is 16.6. The van der Waals surface area contributed by atoms with Crippen LogP contribution in [0.15, 0.2) is 90.3 Å². The number of benzene rings is 3. The van der Waals surface area contributed by atoms with E-state index in [2.05, 4.69) is 22.8 Å². The van der Waals surface area contributed by atoms with Gasteiger partial charge in [0.05, 0.1) is 5.69 Å². The molecule has 0 bridgehead atoms. The third-order valence-electron chi connectivity index (χ3n) is 4.38. The summed E-state index contributed by atoms with van der Waals surface area (Å²) in [5.41, 5.74) is 4.20. The lowest BCUT2D eigenvalue weighted by Gasteiger charge is -2.08. The van der Waals surface area contributed by atoms with Crippen LogP contribution in [0.5, 0.6) is 5.75 Å². The summed E-state index contributed by atoms with van der Waals surface area (Å²) in [4.78, 5) is 16.7. The summed E-state index contributed by atoms with van der Waals surface area (Å²) in [7, 11) is 0. The van der Waals surface area contributed by atoms with Gasteiger partial charge >= 0.3 is 0 Å². The number of carbonyl (C=O) groups excluding carboxylic acids is 1. The van der Waals surface area contributed by atoms with Gasteiger partial charge in [-0.3, -0.25) is 4.79 Å². The van der Waals surface area contributed by atoms with Crippen molar-refractivity contribution in [2.24, 2.45) is 0 Å². The lowest BCUT2D eigenvalue weighted by molar-refractivity contribution is -0.123. The molecular weight excluding hydrogens is 380 g/mol. The molecule has 0 aliphatic rings. The first-order valence-corrected chi connectivity index (χ1v) is 10.2. The predicted molar refractivity (Wildman–Crippen MR) is 117 cm³/mol. The molecule has 0 atom stereocenters. The van der Waals surface area contributed by atoms with Gasteiger partial charge in [0.15, 0.2) is 6.61 Å². The number of rotatable bonds is 7. The lowest BCUT2D eigenvalue weighted by Crippen LogP contribution is -2.28.